The largest absolute Gasteiger partial charge is 0.484 e. The maximum atomic E-state index is 11.7. The van der Waals surface area contributed by atoms with E-state index >= 15 is 0 Å². The number of anilines is 1. The minimum atomic E-state index is -0.589. The lowest BCUT2D eigenvalue weighted by atomic mass is 10.2. The highest BCUT2D eigenvalue weighted by atomic mass is 35.5. The third-order valence-electron chi connectivity index (χ3n) is 3.28. The van der Waals surface area contributed by atoms with Crippen molar-refractivity contribution in [2.45, 2.75) is 6.92 Å². The summed E-state index contributed by atoms with van der Waals surface area (Å²) in [6, 6.07) is 13.2. The molecule has 0 heterocycles. The van der Waals surface area contributed by atoms with E-state index < -0.39 is 17.8 Å². The molecule has 0 aliphatic carbocycles. The maximum Gasteiger partial charge on any atom is 0.319 e. The van der Waals surface area contributed by atoms with E-state index in [1.807, 2.05) is 13.0 Å². The third kappa shape index (κ3) is 7.25. The number of carbonyl (C=O) groups is 3. The first-order chi connectivity index (χ1) is 12.9. The molecule has 8 nitrogen and oxygen atoms in total. The Labute approximate surface area is 161 Å². The number of hydrogen-bond acceptors (Lipinski definition) is 4. The van der Waals surface area contributed by atoms with Crippen LogP contribution < -0.4 is 26.2 Å². The second kappa shape index (κ2) is 10.0. The minimum absolute atomic E-state index is 0.288. The Morgan fingerprint density at radius 1 is 1.00 bits per heavy atom. The van der Waals surface area contributed by atoms with Crippen molar-refractivity contribution in [3.05, 3.63) is 59.1 Å². The number of carbonyl (C=O) groups excluding carboxylic acids is 3. The van der Waals surface area contributed by atoms with E-state index in [-0.39, 0.29) is 13.2 Å². The van der Waals surface area contributed by atoms with Crippen molar-refractivity contribution in [2.24, 2.45) is 0 Å². The molecule has 0 atom stereocenters. The zero-order valence-corrected chi connectivity index (χ0v) is 15.3. The van der Waals surface area contributed by atoms with Crippen LogP contribution in [0.15, 0.2) is 48.5 Å². The first-order valence-corrected chi connectivity index (χ1v) is 8.38. The summed E-state index contributed by atoms with van der Waals surface area (Å²) >= 11 is 5.91. The molecule has 142 valence electrons. The minimum Gasteiger partial charge on any atom is -0.484 e. The van der Waals surface area contributed by atoms with Gasteiger partial charge in [-0.1, -0.05) is 29.8 Å². The van der Waals surface area contributed by atoms with Crippen LogP contribution in [0.3, 0.4) is 0 Å². The van der Waals surface area contributed by atoms with Crippen LogP contribution in [0, 0.1) is 6.92 Å². The van der Waals surface area contributed by atoms with Crippen molar-refractivity contribution in [1.82, 2.24) is 16.2 Å². The number of urea groups is 1. The standard InChI is InChI=1S/C18H19ClN4O4/c1-12-9-14(7-8-15(12)19)27-11-17(25)23-22-16(24)10-20-18(26)21-13-5-3-2-4-6-13/h2-9H,10-11H2,1H3,(H,22,24)(H,23,25)(H2,20,21,26). The predicted molar refractivity (Wildman–Crippen MR) is 101 cm³/mol. The van der Waals surface area contributed by atoms with Gasteiger partial charge in [-0.15, -0.1) is 0 Å². The van der Waals surface area contributed by atoms with E-state index in [1.54, 1.807) is 42.5 Å². The summed E-state index contributed by atoms with van der Waals surface area (Å²) in [5.74, 6) is -0.656. The molecule has 0 bridgehead atoms. The average Bonchev–Trinajstić information content (AvgIpc) is 2.66. The van der Waals surface area contributed by atoms with Gasteiger partial charge in [0.05, 0.1) is 0 Å². The molecule has 4 amide bonds. The summed E-state index contributed by atoms with van der Waals surface area (Å²) < 4.78 is 5.30. The van der Waals surface area contributed by atoms with Gasteiger partial charge in [0, 0.05) is 10.7 Å². The van der Waals surface area contributed by atoms with Crippen LogP contribution in [-0.2, 0) is 9.59 Å². The Balaban J connectivity index is 1.63. The molecular formula is C18H19ClN4O4. The van der Waals surface area contributed by atoms with E-state index in [2.05, 4.69) is 21.5 Å². The van der Waals surface area contributed by atoms with Crippen molar-refractivity contribution in [1.29, 1.82) is 0 Å². The lowest BCUT2D eigenvalue weighted by molar-refractivity contribution is -0.129. The van der Waals surface area contributed by atoms with E-state index in [9.17, 15) is 14.4 Å². The number of amides is 4. The molecule has 2 rings (SSSR count). The molecule has 2 aromatic carbocycles. The highest BCUT2D eigenvalue weighted by Crippen LogP contribution is 2.20. The monoisotopic (exact) mass is 390 g/mol. The summed E-state index contributed by atoms with van der Waals surface area (Å²) in [7, 11) is 0. The number of para-hydroxylation sites is 1. The molecule has 0 aliphatic rings. The second-order valence-electron chi connectivity index (χ2n) is 5.47. The smallest absolute Gasteiger partial charge is 0.319 e. The Hall–Kier alpha value is -3.26. The normalized spacial score (nSPS) is 9.85. The molecule has 0 radical (unpaired) electrons. The van der Waals surface area contributed by atoms with Gasteiger partial charge in [0.25, 0.3) is 11.8 Å². The number of ether oxygens (including phenoxy) is 1. The first-order valence-electron chi connectivity index (χ1n) is 8.00. The second-order valence-corrected chi connectivity index (χ2v) is 5.88. The van der Waals surface area contributed by atoms with Crippen molar-refractivity contribution in [3.8, 4) is 5.75 Å². The Kier molecular flexibility index (Phi) is 7.45. The fourth-order valence-electron chi connectivity index (χ4n) is 1.93. The van der Waals surface area contributed by atoms with Gasteiger partial charge in [0.15, 0.2) is 6.61 Å². The zero-order chi connectivity index (χ0) is 19.6. The van der Waals surface area contributed by atoms with E-state index in [1.165, 1.54) is 0 Å². The van der Waals surface area contributed by atoms with Crippen LogP contribution in [0.2, 0.25) is 5.02 Å². The van der Waals surface area contributed by atoms with E-state index in [0.29, 0.717) is 16.5 Å². The van der Waals surface area contributed by atoms with Gasteiger partial charge < -0.3 is 15.4 Å². The summed E-state index contributed by atoms with van der Waals surface area (Å²) in [5.41, 5.74) is 5.78. The van der Waals surface area contributed by atoms with E-state index in [4.69, 9.17) is 16.3 Å². The summed E-state index contributed by atoms with van der Waals surface area (Å²) in [6.07, 6.45) is 0. The third-order valence-corrected chi connectivity index (χ3v) is 3.71. The topological polar surface area (TPSA) is 109 Å². The molecule has 0 fully saturated rings. The lowest BCUT2D eigenvalue weighted by Crippen LogP contribution is -2.48. The van der Waals surface area contributed by atoms with Crippen molar-refractivity contribution in [2.75, 3.05) is 18.5 Å². The van der Waals surface area contributed by atoms with Crippen LogP contribution in [-0.4, -0.2) is 31.0 Å². The zero-order valence-electron chi connectivity index (χ0n) is 14.5. The summed E-state index contributed by atoms with van der Waals surface area (Å²) in [5, 5.41) is 5.53. The molecule has 0 aromatic heterocycles. The quantitative estimate of drug-likeness (QED) is 0.565. The molecule has 27 heavy (non-hydrogen) atoms. The Morgan fingerprint density at radius 2 is 1.70 bits per heavy atom. The van der Waals surface area contributed by atoms with Gasteiger partial charge in [0.2, 0.25) is 0 Å². The van der Waals surface area contributed by atoms with E-state index in [0.717, 1.165) is 5.56 Å². The maximum absolute atomic E-state index is 11.7. The number of hydrazine groups is 1. The van der Waals surface area contributed by atoms with Gasteiger partial charge in [-0.3, -0.25) is 20.4 Å². The number of rotatable bonds is 6. The molecule has 9 heteroatoms. The van der Waals surface area contributed by atoms with Gasteiger partial charge in [-0.25, -0.2) is 4.79 Å². The number of hydrogen-bond donors (Lipinski definition) is 4. The molecule has 0 spiro atoms. The van der Waals surface area contributed by atoms with Crippen molar-refractivity contribution < 1.29 is 19.1 Å². The van der Waals surface area contributed by atoms with Crippen LogP contribution in [0.4, 0.5) is 10.5 Å². The SMILES string of the molecule is Cc1cc(OCC(=O)NNC(=O)CNC(=O)Nc2ccccc2)ccc1Cl. The van der Waals surface area contributed by atoms with Crippen LogP contribution in [0.1, 0.15) is 5.56 Å². The fraction of sp³-hybridized carbons (Fsp3) is 0.167. The Bertz CT molecular complexity index is 814. The molecule has 4 N–H and O–H groups in total. The number of benzene rings is 2. The van der Waals surface area contributed by atoms with Crippen LogP contribution >= 0.6 is 11.6 Å². The number of nitrogens with one attached hydrogen (secondary N) is 4. The fourth-order valence-corrected chi connectivity index (χ4v) is 2.05. The molecule has 0 unspecified atom stereocenters. The van der Waals surface area contributed by atoms with Crippen LogP contribution in [0.5, 0.6) is 5.75 Å². The van der Waals surface area contributed by atoms with Gasteiger partial charge in [-0.05, 0) is 42.8 Å². The number of halogens is 1. The summed E-state index contributed by atoms with van der Waals surface area (Å²) in [6.45, 7) is 1.22. The molecule has 0 aliphatic heterocycles. The molecular weight excluding hydrogens is 372 g/mol. The van der Waals surface area contributed by atoms with Crippen molar-refractivity contribution >= 4 is 35.1 Å². The van der Waals surface area contributed by atoms with Gasteiger partial charge >= 0.3 is 6.03 Å². The molecule has 2 aromatic rings. The highest BCUT2D eigenvalue weighted by Gasteiger charge is 2.08. The van der Waals surface area contributed by atoms with Gasteiger partial charge in [-0.2, -0.15) is 0 Å². The summed E-state index contributed by atoms with van der Waals surface area (Å²) in [4.78, 5) is 35.0. The first kappa shape index (κ1) is 20.1. The number of aryl methyl sites for hydroxylation is 1. The lowest BCUT2D eigenvalue weighted by Gasteiger charge is -2.10. The van der Waals surface area contributed by atoms with Crippen molar-refractivity contribution in [3.63, 3.8) is 0 Å². The van der Waals surface area contributed by atoms with Crippen LogP contribution in [0.25, 0.3) is 0 Å². The highest BCUT2D eigenvalue weighted by molar-refractivity contribution is 6.31. The van der Waals surface area contributed by atoms with Gasteiger partial charge in [0.1, 0.15) is 12.3 Å². The molecule has 0 saturated carbocycles. The molecule has 0 saturated heterocycles. The predicted octanol–water partition coefficient (Wildman–Crippen LogP) is 2.00. The average molecular weight is 391 g/mol. The Morgan fingerprint density at radius 3 is 2.41 bits per heavy atom.